The molecule has 2 N–H and O–H groups in total. The largest absolute Gasteiger partial charge is 0.466 e. The first-order valence-corrected chi connectivity index (χ1v) is 13.9. The molecular weight excluding hydrogens is 540 g/mol. The summed E-state index contributed by atoms with van der Waals surface area (Å²) in [6.45, 7) is 5.54. The van der Waals surface area contributed by atoms with Crippen LogP contribution in [-0.2, 0) is 23.9 Å². The van der Waals surface area contributed by atoms with E-state index in [1.165, 1.54) is 4.90 Å². The van der Waals surface area contributed by atoms with Crippen molar-refractivity contribution in [2.45, 2.75) is 62.2 Å². The summed E-state index contributed by atoms with van der Waals surface area (Å²) in [6.07, 6.45) is 0.536. The lowest BCUT2D eigenvalue weighted by atomic mass is 9.70. The van der Waals surface area contributed by atoms with E-state index in [0.29, 0.717) is 18.5 Å². The van der Waals surface area contributed by atoms with Crippen LogP contribution in [0.3, 0.4) is 0 Å². The molecule has 1 unspecified atom stereocenters. The highest BCUT2D eigenvalue weighted by molar-refractivity contribution is 9.09. The van der Waals surface area contributed by atoms with Crippen LogP contribution in [0.25, 0.3) is 10.8 Å². The maximum absolute atomic E-state index is 14.1. The number of fused-ring (bicyclic) bond motifs is 2. The summed E-state index contributed by atoms with van der Waals surface area (Å²) in [5.74, 6) is -2.95. The molecule has 2 bridgehead atoms. The molecule has 2 amide bonds. The van der Waals surface area contributed by atoms with Gasteiger partial charge in [-0.25, -0.2) is 0 Å². The molecule has 3 fully saturated rings. The van der Waals surface area contributed by atoms with Gasteiger partial charge in [0.15, 0.2) is 0 Å². The Morgan fingerprint density at radius 1 is 1.24 bits per heavy atom. The zero-order chi connectivity index (χ0) is 26.5. The fraction of sp³-hybridized carbons (Fsp3) is 0.536. The standard InChI is InChI=1S/C28H33BrN2O6/c1-4-15(3)20(14-32)31-24(25(33)30-18-11-10-16-8-6-7-9-17(16)12-18)28-13-19(29)23(37-28)21(22(28)26(31)34)27(35)36-5-2/h6-12,15,19-24,32H,4-5,13-14H2,1-3H3,(H,30,33)/t15-,19?,20-,21-,22+,23-,24-,28+/m0/s1. The third kappa shape index (κ3) is 4.06. The molecule has 2 aromatic carbocycles. The quantitative estimate of drug-likeness (QED) is 0.370. The summed E-state index contributed by atoms with van der Waals surface area (Å²) < 4.78 is 11.8. The number of rotatable bonds is 8. The van der Waals surface area contributed by atoms with Crippen molar-refractivity contribution < 1.29 is 29.0 Å². The van der Waals surface area contributed by atoms with Crippen molar-refractivity contribution in [1.82, 2.24) is 4.90 Å². The molecule has 9 heteroatoms. The number of hydrogen-bond acceptors (Lipinski definition) is 6. The highest BCUT2D eigenvalue weighted by Crippen LogP contribution is 2.60. The minimum Gasteiger partial charge on any atom is -0.466 e. The average molecular weight is 573 g/mol. The molecule has 0 aliphatic carbocycles. The van der Waals surface area contributed by atoms with Crippen LogP contribution in [0.1, 0.15) is 33.6 Å². The third-order valence-corrected chi connectivity index (χ3v) is 9.24. The molecule has 8 nitrogen and oxygen atoms in total. The number of hydrogen-bond donors (Lipinski definition) is 2. The number of alkyl halides is 1. The average Bonchev–Trinajstić information content (AvgIpc) is 3.48. The van der Waals surface area contributed by atoms with Crippen molar-refractivity contribution >= 4 is 50.2 Å². The lowest BCUT2D eigenvalue weighted by Crippen LogP contribution is -2.57. The van der Waals surface area contributed by atoms with Crippen LogP contribution in [0, 0.1) is 17.8 Å². The van der Waals surface area contributed by atoms with Crippen molar-refractivity contribution in [2.75, 3.05) is 18.5 Å². The maximum Gasteiger partial charge on any atom is 0.312 e. The predicted molar refractivity (Wildman–Crippen MR) is 142 cm³/mol. The van der Waals surface area contributed by atoms with Gasteiger partial charge < -0.3 is 24.8 Å². The van der Waals surface area contributed by atoms with E-state index in [0.717, 1.165) is 10.8 Å². The summed E-state index contributed by atoms with van der Waals surface area (Å²) in [6, 6.07) is 11.9. The van der Waals surface area contributed by atoms with Crippen LogP contribution in [0.5, 0.6) is 0 Å². The number of aliphatic hydroxyl groups excluding tert-OH is 1. The number of ether oxygens (including phenoxy) is 2. The predicted octanol–water partition coefficient (Wildman–Crippen LogP) is 3.50. The number of nitrogens with zero attached hydrogens (tertiary/aromatic N) is 1. The molecule has 3 aliphatic rings. The Morgan fingerprint density at radius 3 is 2.65 bits per heavy atom. The van der Waals surface area contributed by atoms with Gasteiger partial charge in [-0.05, 0) is 42.2 Å². The third-order valence-electron chi connectivity index (χ3n) is 8.40. The van der Waals surface area contributed by atoms with Crippen LogP contribution in [-0.4, -0.2) is 69.6 Å². The van der Waals surface area contributed by atoms with Gasteiger partial charge in [-0.15, -0.1) is 0 Å². The topological polar surface area (TPSA) is 105 Å². The summed E-state index contributed by atoms with van der Waals surface area (Å²) in [5.41, 5.74) is -0.597. The van der Waals surface area contributed by atoms with E-state index < -0.39 is 47.5 Å². The van der Waals surface area contributed by atoms with Gasteiger partial charge in [0.1, 0.15) is 11.6 Å². The second-order valence-corrected chi connectivity index (χ2v) is 11.5. The van der Waals surface area contributed by atoms with E-state index in [2.05, 4.69) is 21.2 Å². The first-order chi connectivity index (χ1) is 17.8. The number of nitrogens with one attached hydrogen (secondary N) is 1. The van der Waals surface area contributed by atoms with E-state index in [1.54, 1.807) is 6.92 Å². The van der Waals surface area contributed by atoms with Gasteiger partial charge in [0.2, 0.25) is 11.8 Å². The van der Waals surface area contributed by atoms with Gasteiger partial charge in [-0.3, -0.25) is 14.4 Å². The van der Waals surface area contributed by atoms with E-state index in [9.17, 15) is 19.5 Å². The Bertz CT molecular complexity index is 1220. The lowest BCUT2D eigenvalue weighted by Gasteiger charge is -2.38. The Labute approximate surface area is 224 Å². The molecule has 3 aliphatic heterocycles. The lowest BCUT2D eigenvalue weighted by molar-refractivity contribution is -0.155. The number of carbonyl (C=O) groups excluding carboxylic acids is 3. The first-order valence-electron chi connectivity index (χ1n) is 13.0. The number of esters is 1. The van der Waals surface area contributed by atoms with E-state index in [-0.39, 0.29) is 29.9 Å². The molecule has 0 radical (unpaired) electrons. The van der Waals surface area contributed by atoms with Crippen molar-refractivity contribution in [3.05, 3.63) is 42.5 Å². The monoisotopic (exact) mass is 572 g/mol. The van der Waals surface area contributed by atoms with Crippen molar-refractivity contribution in [3.63, 3.8) is 0 Å². The SMILES string of the molecule is CCOC(=O)[C@@H]1[C@H]2O[C@@]3(CC2Br)[C@H](C(=O)Nc2ccc4ccccc4c2)N([C@@H](CO)[C@@H](C)CC)C(=O)[C@@H]13. The van der Waals surface area contributed by atoms with Crippen LogP contribution in [0.4, 0.5) is 5.69 Å². The molecule has 8 atom stereocenters. The van der Waals surface area contributed by atoms with Gasteiger partial charge in [0.05, 0.1) is 37.2 Å². The normalized spacial score (nSPS) is 31.9. The second-order valence-electron chi connectivity index (χ2n) is 10.3. The van der Waals surface area contributed by atoms with Gasteiger partial charge in [-0.1, -0.05) is 66.5 Å². The fourth-order valence-corrected chi connectivity index (χ4v) is 7.47. The molecule has 3 saturated heterocycles. The molecule has 0 aromatic heterocycles. The molecule has 0 saturated carbocycles. The number of likely N-dealkylation sites (tertiary alicyclic amines) is 1. The maximum atomic E-state index is 14.1. The number of carbonyl (C=O) groups is 3. The Kier molecular flexibility index (Phi) is 7.06. The summed E-state index contributed by atoms with van der Waals surface area (Å²) in [4.78, 5) is 42.5. The number of anilines is 1. The Morgan fingerprint density at radius 2 is 1.97 bits per heavy atom. The Balaban J connectivity index is 1.57. The van der Waals surface area contributed by atoms with Crippen LogP contribution < -0.4 is 5.32 Å². The van der Waals surface area contributed by atoms with Gasteiger partial charge in [0, 0.05) is 10.5 Å². The summed E-state index contributed by atoms with van der Waals surface area (Å²) in [7, 11) is 0. The molecule has 37 heavy (non-hydrogen) atoms. The highest BCUT2D eigenvalue weighted by atomic mass is 79.9. The number of benzene rings is 2. The number of amides is 2. The fourth-order valence-electron chi connectivity index (χ4n) is 6.52. The smallest absolute Gasteiger partial charge is 0.312 e. The summed E-state index contributed by atoms with van der Waals surface area (Å²) in [5, 5.41) is 15.4. The highest BCUT2D eigenvalue weighted by Gasteiger charge is 2.77. The minimum atomic E-state index is -1.20. The molecular formula is C28H33BrN2O6. The van der Waals surface area contributed by atoms with Crippen molar-refractivity contribution in [1.29, 1.82) is 0 Å². The van der Waals surface area contributed by atoms with Crippen LogP contribution >= 0.6 is 15.9 Å². The number of halogens is 1. The van der Waals surface area contributed by atoms with Gasteiger partial charge in [-0.2, -0.15) is 0 Å². The zero-order valence-corrected chi connectivity index (χ0v) is 22.8. The van der Waals surface area contributed by atoms with E-state index >= 15 is 0 Å². The van der Waals surface area contributed by atoms with Crippen molar-refractivity contribution in [2.24, 2.45) is 17.8 Å². The molecule has 198 valence electrons. The van der Waals surface area contributed by atoms with E-state index in [4.69, 9.17) is 9.47 Å². The number of aliphatic hydroxyl groups is 1. The molecule has 2 aromatic rings. The van der Waals surface area contributed by atoms with Gasteiger partial charge in [0.25, 0.3) is 0 Å². The van der Waals surface area contributed by atoms with E-state index in [1.807, 2.05) is 56.3 Å². The first kappa shape index (κ1) is 26.1. The van der Waals surface area contributed by atoms with Gasteiger partial charge >= 0.3 is 5.97 Å². The molecule has 1 spiro atoms. The minimum absolute atomic E-state index is 0.0712. The zero-order valence-electron chi connectivity index (χ0n) is 21.2. The molecule has 3 heterocycles. The van der Waals surface area contributed by atoms with Crippen LogP contribution in [0.2, 0.25) is 0 Å². The van der Waals surface area contributed by atoms with Crippen LogP contribution in [0.15, 0.2) is 42.5 Å². The Hall–Kier alpha value is -2.49. The van der Waals surface area contributed by atoms with Crippen molar-refractivity contribution in [3.8, 4) is 0 Å². The summed E-state index contributed by atoms with van der Waals surface area (Å²) >= 11 is 3.65. The second kappa shape index (κ2) is 10.0. The molecule has 5 rings (SSSR count).